The standard InChI is InChI=1S/C26H25NO3/c1-19(18-21-12-6-3-7-13-21)24(28)27-20(2)26(30-25(27)29,22-14-8-4-9-15-22)23-16-10-5-11-17-23/h3-17,19-20H,18H2,1-2H3/t19-,20+/m0/s1. The summed E-state index contributed by atoms with van der Waals surface area (Å²) in [6.07, 6.45) is -0.0278. The monoisotopic (exact) mass is 399 g/mol. The third-order valence-electron chi connectivity index (χ3n) is 5.87. The fourth-order valence-corrected chi connectivity index (χ4v) is 4.32. The fourth-order valence-electron chi connectivity index (χ4n) is 4.32. The quantitative estimate of drug-likeness (QED) is 0.594. The van der Waals surface area contributed by atoms with Crippen molar-refractivity contribution < 1.29 is 14.3 Å². The molecule has 1 heterocycles. The first-order valence-corrected chi connectivity index (χ1v) is 10.2. The van der Waals surface area contributed by atoms with Crippen LogP contribution in [0.15, 0.2) is 91.0 Å². The molecule has 1 saturated heterocycles. The maximum atomic E-state index is 13.3. The van der Waals surface area contributed by atoms with Crippen molar-refractivity contribution in [3.05, 3.63) is 108 Å². The highest BCUT2D eigenvalue weighted by molar-refractivity contribution is 5.95. The van der Waals surface area contributed by atoms with Gasteiger partial charge in [-0.1, -0.05) is 97.9 Å². The summed E-state index contributed by atoms with van der Waals surface area (Å²) in [4.78, 5) is 27.7. The number of imide groups is 1. The molecule has 0 N–H and O–H groups in total. The molecule has 0 spiro atoms. The number of hydrogen-bond acceptors (Lipinski definition) is 3. The van der Waals surface area contributed by atoms with E-state index in [0.717, 1.165) is 16.7 Å². The third kappa shape index (κ3) is 3.39. The van der Waals surface area contributed by atoms with Gasteiger partial charge in [0, 0.05) is 17.0 Å². The van der Waals surface area contributed by atoms with E-state index < -0.39 is 17.7 Å². The highest BCUT2D eigenvalue weighted by Gasteiger charge is 2.56. The molecule has 4 nitrogen and oxygen atoms in total. The van der Waals surface area contributed by atoms with E-state index in [1.807, 2.05) is 105 Å². The van der Waals surface area contributed by atoms with Gasteiger partial charge in [-0.25, -0.2) is 9.69 Å². The molecule has 3 aromatic carbocycles. The number of rotatable bonds is 5. The van der Waals surface area contributed by atoms with Crippen LogP contribution in [0.2, 0.25) is 0 Å². The Kier molecular flexibility index (Phi) is 5.40. The molecule has 0 saturated carbocycles. The number of ether oxygens (including phenoxy) is 1. The van der Waals surface area contributed by atoms with Crippen LogP contribution in [0.25, 0.3) is 0 Å². The van der Waals surface area contributed by atoms with Gasteiger partial charge in [0.2, 0.25) is 5.91 Å². The normalized spacial score (nSPS) is 18.7. The Labute approximate surface area is 177 Å². The van der Waals surface area contributed by atoms with Crippen molar-refractivity contribution in [3.8, 4) is 0 Å². The molecule has 1 fully saturated rings. The lowest BCUT2D eigenvalue weighted by molar-refractivity contribution is -0.133. The van der Waals surface area contributed by atoms with Gasteiger partial charge in [-0.05, 0) is 18.9 Å². The topological polar surface area (TPSA) is 46.6 Å². The van der Waals surface area contributed by atoms with Crippen LogP contribution < -0.4 is 0 Å². The number of amides is 2. The number of cyclic esters (lactones) is 1. The molecule has 0 radical (unpaired) electrons. The number of carbonyl (C=O) groups excluding carboxylic acids is 2. The van der Waals surface area contributed by atoms with Crippen molar-refractivity contribution >= 4 is 12.0 Å². The van der Waals surface area contributed by atoms with Gasteiger partial charge < -0.3 is 4.74 Å². The molecule has 0 aromatic heterocycles. The lowest BCUT2D eigenvalue weighted by atomic mass is 9.80. The highest BCUT2D eigenvalue weighted by atomic mass is 16.6. The van der Waals surface area contributed by atoms with Gasteiger partial charge in [-0.15, -0.1) is 0 Å². The minimum atomic E-state index is -1.04. The van der Waals surface area contributed by atoms with Crippen LogP contribution in [0.4, 0.5) is 4.79 Å². The SMILES string of the molecule is C[C@@H](Cc1ccccc1)C(=O)N1C(=O)OC(c2ccccc2)(c2ccccc2)[C@H]1C. The van der Waals surface area contributed by atoms with Crippen molar-refractivity contribution in [2.24, 2.45) is 5.92 Å². The Morgan fingerprint density at radius 1 is 0.900 bits per heavy atom. The summed E-state index contributed by atoms with van der Waals surface area (Å²) >= 11 is 0. The van der Waals surface area contributed by atoms with Crippen LogP contribution in [0.3, 0.4) is 0 Å². The smallest absolute Gasteiger partial charge is 0.418 e. The molecule has 4 heteroatoms. The zero-order valence-corrected chi connectivity index (χ0v) is 17.2. The number of hydrogen-bond donors (Lipinski definition) is 0. The van der Waals surface area contributed by atoms with Gasteiger partial charge in [-0.2, -0.15) is 0 Å². The summed E-state index contributed by atoms with van der Waals surface area (Å²) in [7, 11) is 0. The average molecular weight is 399 g/mol. The molecule has 2 amide bonds. The van der Waals surface area contributed by atoms with Gasteiger partial charge >= 0.3 is 6.09 Å². The number of carbonyl (C=O) groups is 2. The van der Waals surface area contributed by atoms with E-state index in [1.54, 1.807) is 0 Å². The van der Waals surface area contributed by atoms with Gasteiger partial charge in [0.05, 0.1) is 6.04 Å². The Morgan fingerprint density at radius 3 is 1.87 bits per heavy atom. The molecule has 1 aliphatic rings. The van der Waals surface area contributed by atoms with Gasteiger partial charge in [-0.3, -0.25) is 4.79 Å². The van der Waals surface area contributed by atoms with Crippen LogP contribution in [-0.2, 0) is 21.6 Å². The van der Waals surface area contributed by atoms with Crippen molar-refractivity contribution in [1.29, 1.82) is 0 Å². The largest absolute Gasteiger partial charge is 0.430 e. The molecule has 152 valence electrons. The summed E-state index contributed by atoms with van der Waals surface area (Å²) in [6, 6.07) is 28.7. The Hall–Kier alpha value is -3.40. The first kappa shape index (κ1) is 19.9. The summed E-state index contributed by atoms with van der Waals surface area (Å²) in [6.45, 7) is 3.75. The van der Waals surface area contributed by atoms with Gasteiger partial charge in [0.25, 0.3) is 0 Å². The summed E-state index contributed by atoms with van der Waals surface area (Å²) in [5.74, 6) is -0.560. The van der Waals surface area contributed by atoms with Crippen LogP contribution in [0.5, 0.6) is 0 Å². The zero-order valence-electron chi connectivity index (χ0n) is 17.2. The molecular formula is C26H25NO3. The zero-order chi connectivity index (χ0) is 21.1. The van der Waals surface area contributed by atoms with E-state index in [-0.39, 0.29) is 11.8 Å². The predicted molar refractivity (Wildman–Crippen MR) is 116 cm³/mol. The van der Waals surface area contributed by atoms with E-state index in [2.05, 4.69) is 0 Å². The number of nitrogens with zero attached hydrogens (tertiary/aromatic N) is 1. The second kappa shape index (κ2) is 8.15. The summed E-state index contributed by atoms with van der Waals surface area (Å²) in [5.41, 5.74) is 1.73. The molecule has 0 bridgehead atoms. The van der Waals surface area contributed by atoms with E-state index in [4.69, 9.17) is 4.74 Å². The molecule has 4 rings (SSSR count). The first-order chi connectivity index (χ1) is 14.5. The molecule has 3 aromatic rings. The van der Waals surface area contributed by atoms with Gasteiger partial charge in [0.1, 0.15) is 0 Å². The molecular weight excluding hydrogens is 374 g/mol. The van der Waals surface area contributed by atoms with Crippen molar-refractivity contribution in [3.63, 3.8) is 0 Å². The van der Waals surface area contributed by atoms with Gasteiger partial charge in [0.15, 0.2) is 5.60 Å². The van der Waals surface area contributed by atoms with Crippen LogP contribution in [-0.4, -0.2) is 22.9 Å². The van der Waals surface area contributed by atoms with E-state index in [1.165, 1.54) is 4.90 Å². The molecule has 0 unspecified atom stereocenters. The van der Waals surface area contributed by atoms with Crippen LogP contribution in [0.1, 0.15) is 30.5 Å². The summed E-state index contributed by atoms with van der Waals surface area (Å²) in [5, 5.41) is 0. The average Bonchev–Trinajstić information content (AvgIpc) is 3.06. The van der Waals surface area contributed by atoms with E-state index >= 15 is 0 Å². The Bertz CT molecular complexity index is 978. The minimum absolute atomic E-state index is 0.218. The number of benzene rings is 3. The molecule has 30 heavy (non-hydrogen) atoms. The minimum Gasteiger partial charge on any atom is -0.430 e. The third-order valence-corrected chi connectivity index (χ3v) is 5.87. The van der Waals surface area contributed by atoms with Crippen LogP contribution in [0, 0.1) is 5.92 Å². The first-order valence-electron chi connectivity index (χ1n) is 10.2. The summed E-state index contributed by atoms with van der Waals surface area (Å²) < 4.78 is 6.03. The van der Waals surface area contributed by atoms with E-state index in [0.29, 0.717) is 6.42 Å². The fraction of sp³-hybridized carbons (Fsp3) is 0.231. The highest BCUT2D eigenvalue weighted by Crippen LogP contribution is 2.44. The lowest BCUT2D eigenvalue weighted by Gasteiger charge is -2.33. The Morgan fingerprint density at radius 2 is 1.37 bits per heavy atom. The van der Waals surface area contributed by atoms with Crippen LogP contribution >= 0.6 is 0 Å². The Balaban J connectivity index is 1.70. The molecule has 2 atom stereocenters. The molecule has 0 aliphatic carbocycles. The molecule has 1 aliphatic heterocycles. The predicted octanol–water partition coefficient (Wildman–Crippen LogP) is 5.18. The van der Waals surface area contributed by atoms with Crippen molar-refractivity contribution in [2.45, 2.75) is 31.9 Å². The second-order valence-corrected chi connectivity index (χ2v) is 7.81. The maximum Gasteiger partial charge on any atom is 0.418 e. The van der Waals surface area contributed by atoms with Crippen molar-refractivity contribution in [1.82, 2.24) is 4.90 Å². The second-order valence-electron chi connectivity index (χ2n) is 7.81. The van der Waals surface area contributed by atoms with E-state index in [9.17, 15) is 9.59 Å². The van der Waals surface area contributed by atoms with Crippen molar-refractivity contribution in [2.75, 3.05) is 0 Å². The maximum absolute atomic E-state index is 13.3. The lowest BCUT2D eigenvalue weighted by Crippen LogP contribution is -2.46.